The fraction of sp³-hybridized carbons (Fsp3) is 0.571. The van der Waals surface area contributed by atoms with E-state index in [-0.39, 0.29) is 17.4 Å². The lowest BCUT2D eigenvalue weighted by atomic mass is 9.87. The van der Waals surface area contributed by atoms with Gasteiger partial charge < -0.3 is 0 Å². The van der Waals surface area contributed by atoms with Gasteiger partial charge in [0.2, 0.25) is 0 Å². The zero-order valence-corrected chi connectivity index (χ0v) is 11.7. The first-order chi connectivity index (χ1) is 8.47. The summed E-state index contributed by atoms with van der Waals surface area (Å²) >= 11 is 0. The van der Waals surface area contributed by atoms with Crippen LogP contribution in [0.4, 0.5) is 4.39 Å². The second kappa shape index (κ2) is 6.27. The van der Waals surface area contributed by atoms with E-state index in [1.807, 2.05) is 0 Å². The Labute approximate surface area is 109 Å². The fourth-order valence-corrected chi connectivity index (χ4v) is 2.58. The minimum Gasteiger partial charge on any atom is -0.297 e. The zero-order valence-electron chi connectivity index (χ0n) is 11.7. The predicted octanol–water partition coefficient (Wildman–Crippen LogP) is 2.45. The lowest BCUT2D eigenvalue weighted by Gasteiger charge is -2.43. The second-order valence-electron chi connectivity index (χ2n) is 4.98. The topological polar surface area (TPSA) is 41.3 Å². The third kappa shape index (κ3) is 3.07. The lowest BCUT2D eigenvalue weighted by molar-refractivity contribution is 0.0912. The molecule has 0 aliphatic heterocycles. The Morgan fingerprint density at radius 3 is 2.11 bits per heavy atom. The average Bonchev–Trinajstić information content (AvgIpc) is 2.33. The van der Waals surface area contributed by atoms with E-state index >= 15 is 0 Å². The average molecular weight is 253 g/mol. The van der Waals surface area contributed by atoms with Crippen LogP contribution in [0.5, 0.6) is 0 Å². The molecule has 4 heteroatoms. The Kier molecular flexibility index (Phi) is 5.26. The normalized spacial score (nSPS) is 13.9. The van der Waals surface area contributed by atoms with Gasteiger partial charge in [-0.25, -0.2) is 4.39 Å². The summed E-state index contributed by atoms with van der Waals surface area (Å²) in [5.41, 5.74) is 3.72. The quantitative estimate of drug-likeness (QED) is 0.604. The molecule has 1 aromatic rings. The van der Waals surface area contributed by atoms with Crippen LogP contribution in [0.2, 0.25) is 0 Å². The van der Waals surface area contributed by atoms with Crippen molar-refractivity contribution in [2.45, 2.75) is 39.3 Å². The molecule has 1 aromatic carbocycles. The van der Waals surface area contributed by atoms with Crippen LogP contribution in [-0.4, -0.2) is 23.5 Å². The first-order valence-electron chi connectivity index (χ1n) is 6.44. The molecule has 0 aliphatic carbocycles. The molecular weight excluding hydrogens is 229 g/mol. The van der Waals surface area contributed by atoms with Crippen LogP contribution < -0.4 is 11.3 Å². The van der Waals surface area contributed by atoms with E-state index in [0.29, 0.717) is 0 Å². The second-order valence-corrected chi connectivity index (χ2v) is 4.98. The third-order valence-corrected chi connectivity index (χ3v) is 3.65. The molecule has 0 spiro atoms. The van der Waals surface area contributed by atoms with E-state index in [2.05, 4.69) is 38.0 Å². The number of halogens is 1. The Bertz CT molecular complexity index is 358. The van der Waals surface area contributed by atoms with E-state index in [9.17, 15) is 4.39 Å². The van der Waals surface area contributed by atoms with Gasteiger partial charge >= 0.3 is 0 Å². The van der Waals surface area contributed by atoms with Crippen LogP contribution >= 0.6 is 0 Å². The molecule has 3 nitrogen and oxygen atoms in total. The molecule has 1 unspecified atom stereocenters. The Morgan fingerprint density at radius 2 is 1.72 bits per heavy atom. The number of nitrogens with zero attached hydrogens (tertiary/aromatic N) is 1. The summed E-state index contributed by atoms with van der Waals surface area (Å²) in [6.07, 6.45) is 0. The molecule has 0 aromatic heterocycles. The molecule has 0 heterocycles. The van der Waals surface area contributed by atoms with Crippen molar-refractivity contribution in [3.8, 4) is 0 Å². The van der Waals surface area contributed by atoms with Gasteiger partial charge in [0.1, 0.15) is 5.82 Å². The lowest BCUT2D eigenvalue weighted by Crippen LogP contribution is -2.54. The SMILES string of the molecule is CCN(CC)C(C)(C)C(NN)c1ccc(F)cc1. The number of nitrogens with two attached hydrogens (primary N) is 1. The van der Waals surface area contributed by atoms with Crippen molar-refractivity contribution >= 4 is 0 Å². The summed E-state index contributed by atoms with van der Waals surface area (Å²) in [4.78, 5) is 2.33. The highest BCUT2D eigenvalue weighted by Gasteiger charge is 2.34. The number of hydrogen-bond acceptors (Lipinski definition) is 3. The first-order valence-corrected chi connectivity index (χ1v) is 6.44. The number of hydrogen-bond donors (Lipinski definition) is 2. The third-order valence-electron chi connectivity index (χ3n) is 3.65. The molecule has 0 fully saturated rings. The van der Waals surface area contributed by atoms with E-state index in [1.54, 1.807) is 12.1 Å². The van der Waals surface area contributed by atoms with Crippen LogP contribution in [0.3, 0.4) is 0 Å². The van der Waals surface area contributed by atoms with Crippen LogP contribution in [0.25, 0.3) is 0 Å². The van der Waals surface area contributed by atoms with Gasteiger partial charge in [-0.05, 0) is 44.6 Å². The van der Waals surface area contributed by atoms with Gasteiger partial charge in [0, 0.05) is 5.54 Å². The van der Waals surface area contributed by atoms with E-state index in [4.69, 9.17) is 5.84 Å². The standard InChI is InChI=1S/C14H24FN3/c1-5-18(6-2)14(3,4)13(17-16)11-7-9-12(15)10-8-11/h7-10,13,17H,5-6,16H2,1-4H3. The molecule has 0 bridgehead atoms. The van der Waals surface area contributed by atoms with E-state index in [0.717, 1.165) is 18.7 Å². The number of benzene rings is 1. The smallest absolute Gasteiger partial charge is 0.123 e. The first kappa shape index (κ1) is 15.1. The fourth-order valence-electron chi connectivity index (χ4n) is 2.58. The van der Waals surface area contributed by atoms with Crippen molar-refractivity contribution in [1.29, 1.82) is 0 Å². The molecular formula is C14H24FN3. The Balaban J connectivity index is 3.04. The molecule has 0 amide bonds. The summed E-state index contributed by atoms with van der Waals surface area (Å²) in [6.45, 7) is 10.4. The maximum atomic E-state index is 13.0. The van der Waals surface area contributed by atoms with Gasteiger partial charge in [0.25, 0.3) is 0 Å². The van der Waals surface area contributed by atoms with Crippen molar-refractivity contribution in [1.82, 2.24) is 10.3 Å². The van der Waals surface area contributed by atoms with Crippen molar-refractivity contribution in [2.75, 3.05) is 13.1 Å². The molecule has 18 heavy (non-hydrogen) atoms. The molecule has 1 rings (SSSR count). The molecule has 3 N–H and O–H groups in total. The van der Waals surface area contributed by atoms with Gasteiger partial charge in [0.05, 0.1) is 6.04 Å². The van der Waals surface area contributed by atoms with Crippen molar-refractivity contribution in [2.24, 2.45) is 5.84 Å². The molecule has 0 aliphatic rings. The zero-order chi connectivity index (χ0) is 13.8. The minimum absolute atomic E-state index is 0.0435. The molecule has 0 radical (unpaired) electrons. The summed E-state index contributed by atoms with van der Waals surface area (Å²) < 4.78 is 13.0. The van der Waals surface area contributed by atoms with E-state index in [1.165, 1.54) is 12.1 Å². The predicted molar refractivity (Wildman–Crippen MR) is 73.5 cm³/mol. The molecule has 1 atom stereocenters. The summed E-state index contributed by atoms with van der Waals surface area (Å²) in [6, 6.07) is 6.46. The van der Waals surface area contributed by atoms with Gasteiger partial charge in [-0.3, -0.25) is 16.2 Å². The molecule has 102 valence electrons. The number of likely N-dealkylation sites (N-methyl/N-ethyl adjacent to an activating group) is 1. The maximum Gasteiger partial charge on any atom is 0.123 e. The number of rotatable bonds is 6. The number of nitrogens with one attached hydrogen (secondary N) is 1. The Hall–Kier alpha value is -0.970. The highest BCUT2D eigenvalue weighted by molar-refractivity contribution is 5.23. The summed E-state index contributed by atoms with van der Waals surface area (Å²) in [5.74, 6) is 5.48. The van der Waals surface area contributed by atoms with Crippen LogP contribution in [0.15, 0.2) is 24.3 Å². The van der Waals surface area contributed by atoms with Crippen molar-refractivity contribution < 1.29 is 4.39 Å². The van der Waals surface area contributed by atoms with Gasteiger partial charge in [-0.1, -0.05) is 26.0 Å². The van der Waals surface area contributed by atoms with Gasteiger partial charge in [-0.15, -0.1) is 0 Å². The maximum absolute atomic E-state index is 13.0. The van der Waals surface area contributed by atoms with Crippen molar-refractivity contribution in [3.63, 3.8) is 0 Å². The minimum atomic E-state index is -0.227. The molecule has 0 saturated heterocycles. The largest absolute Gasteiger partial charge is 0.297 e. The highest BCUT2D eigenvalue weighted by Crippen LogP contribution is 2.30. The summed E-state index contributed by atoms with van der Waals surface area (Å²) in [5, 5.41) is 0. The van der Waals surface area contributed by atoms with Gasteiger partial charge in [-0.2, -0.15) is 0 Å². The van der Waals surface area contributed by atoms with E-state index < -0.39 is 0 Å². The monoisotopic (exact) mass is 253 g/mol. The van der Waals surface area contributed by atoms with Gasteiger partial charge in [0.15, 0.2) is 0 Å². The van der Waals surface area contributed by atoms with Crippen LogP contribution in [-0.2, 0) is 0 Å². The van der Waals surface area contributed by atoms with Crippen molar-refractivity contribution in [3.05, 3.63) is 35.6 Å². The molecule has 0 saturated carbocycles. The number of hydrazine groups is 1. The summed E-state index contributed by atoms with van der Waals surface area (Å²) in [7, 11) is 0. The van der Waals surface area contributed by atoms with Crippen LogP contribution in [0, 0.1) is 5.82 Å². The van der Waals surface area contributed by atoms with Crippen LogP contribution in [0.1, 0.15) is 39.3 Å². The Morgan fingerprint density at radius 1 is 1.22 bits per heavy atom. The highest BCUT2D eigenvalue weighted by atomic mass is 19.1.